The number of hydrogen-bond acceptors (Lipinski definition) is 10. The van der Waals surface area contributed by atoms with Gasteiger partial charge >= 0.3 is 0 Å². The molecule has 1 aliphatic carbocycles. The third-order valence-corrected chi connectivity index (χ3v) is 6.75. The lowest BCUT2D eigenvalue weighted by Gasteiger charge is -2.29. The highest BCUT2D eigenvalue weighted by Gasteiger charge is 2.44. The van der Waals surface area contributed by atoms with Gasteiger partial charge in [0.2, 0.25) is 17.8 Å². The number of nitro benzene ring substituents is 1. The summed E-state index contributed by atoms with van der Waals surface area (Å²) in [5.41, 5.74) is 1.10. The molecule has 198 valence electrons. The minimum atomic E-state index is -2.70. The van der Waals surface area contributed by atoms with Crippen molar-refractivity contribution in [1.82, 2.24) is 19.5 Å². The van der Waals surface area contributed by atoms with Crippen LogP contribution in [-0.2, 0) is 11.3 Å². The fourth-order valence-electron chi connectivity index (χ4n) is 4.61. The van der Waals surface area contributed by atoms with Crippen molar-refractivity contribution in [2.45, 2.75) is 75.7 Å². The van der Waals surface area contributed by atoms with E-state index >= 15 is 0 Å². The number of non-ortho nitro benzene ring substituents is 1. The van der Waals surface area contributed by atoms with Crippen LogP contribution in [0.15, 0.2) is 30.6 Å². The molecule has 1 aliphatic heterocycles. The first kappa shape index (κ1) is 25.2. The number of nitrogens with zero attached hydrogens (tertiary/aromatic N) is 5. The van der Waals surface area contributed by atoms with Crippen molar-refractivity contribution in [3.63, 3.8) is 0 Å². The van der Waals surface area contributed by atoms with Gasteiger partial charge in [-0.2, -0.15) is 4.98 Å². The monoisotopic (exact) mass is 520 g/mol. The SMILES string of the molecule is C[C@H]1O[C@@H](n2c(NC3CCC(F)(F)CC3)nc3c(OCc4ccc([N+](=O)[O-])cc4)ncnc32)[C@H](O)[C@@H]1O. The molecule has 0 unspecified atom stereocenters. The summed E-state index contributed by atoms with van der Waals surface area (Å²) < 4.78 is 40.5. The maximum Gasteiger partial charge on any atom is 0.269 e. The van der Waals surface area contributed by atoms with E-state index in [9.17, 15) is 29.1 Å². The van der Waals surface area contributed by atoms with Gasteiger partial charge in [0.05, 0.1) is 11.0 Å². The number of fused-ring (bicyclic) bond motifs is 1. The van der Waals surface area contributed by atoms with Crippen molar-refractivity contribution >= 4 is 22.8 Å². The summed E-state index contributed by atoms with van der Waals surface area (Å²) >= 11 is 0. The molecule has 2 fully saturated rings. The Morgan fingerprint density at radius 2 is 1.92 bits per heavy atom. The zero-order valence-electron chi connectivity index (χ0n) is 19.8. The van der Waals surface area contributed by atoms with E-state index in [-0.39, 0.29) is 67.0 Å². The van der Waals surface area contributed by atoms with Crippen molar-refractivity contribution < 1.29 is 33.4 Å². The van der Waals surface area contributed by atoms with Crippen LogP contribution < -0.4 is 10.1 Å². The fourth-order valence-corrected chi connectivity index (χ4v) is 4.61. The quantitative estimate of drug-likeness (QED) is 0.312. The molecule has 1 saturated heterocycles. The molecule has 3 aromatic rings. The lowest BCUT2D eigenvalue weighted by atomic mass is 9.92. The van der Waals surface area contributed by atoms with Gasteiger partial charge < -0.3 is 25.0 Å². The zero-order chi connectivity index (χ0) is 26.3. The van der Waals surface area contributed by atoms with E-state index < -0.39 is 35.4 Å². The third kappa shape index (κ3) is 5.04. The number of nitro groups is 1. The first-order valence-corrected chi connectivity index (χ1v) is 11.9. The number of aliphatic hydroxyl groups excluding tert-OH is 2. The number of benzene rings is 1. The van der Waals surface area contributed by atoms with Crippen LogP contribution in [0.5, 0.6) is 5.88 Å². The van der Waals surface area contributed by atoms with Crippen molar-refractivity contribution in [2.75, 3.05) is 5.32 Å². The molecule has 0 radical (unpaired) electrons. The normalized spacial score (nSPS) is 25.9. The summed E-state index contributed by atoms with van der Waals surface area (Å²) in [5, 5.41) is 35.0. The van der Waals surface area contributed by atoms with Crippen molar-refractivity contribution in [1.29, 1.82) is 0 Å². The summed E-state index contributed by atoms with van der Waals surface area (Å²) in [6, 6.07) is 5.56. The molecule has 1 saturated carbocycles. The van der Waals surface area contributed by atoms with Crippen molar-refractivity contribution in [2.24, 2.45) is 0 Å². The number of aromatic nitrogens is 4. The van der Waals surface area contributed by atoms with Crippen LogP contribution in [-0.4, -0.2) is 64.9 Å². The molecule has 3 heterocycles. The summed E-state index contributed by atoms with van der Waals surface area (Å²) in [6.07, 6.45) is -2.97. The summed E-state index contributed by atoms with van der Waals surface area (Å²) in [6.45, 7) is 1.66. The van der Waals surface area contributed by atoms with Gasteiger partial charge in [0.15, 0.2) is 17.4 Å². The molecule has 2 aromatic heterocycles. The molecule has 1 aromatic carbocycles. The van der Waals surface area contributed by atoms with Gasteiger partial charge in [-0.15, -0.1) is 0 Å². The number of ether oxygens (including phenoxy) is 2. The van der Waals surface area contributed by atoms with Gasteiger partial charge in [-0.25, -0.2) is 18.7 Å². The highest BCUT2D eigenvalue weighted by atomic mass is 19.3. The molecule has 5 rings (SSSR count). The number of aliphatic hydroxyl groups is 2. The Morgan fingerprint density at radius 3 is 2.54 bits per heavy atom. The molecule has 0 bridgehead atoms. The van der Waals surface area contributed by atoms with E-state index in [1.54, 1.807) is 19.1 Å². The van der Waals surface area contributed by atoms with Crippen LogP contribution in [0.25, 0.3) is 11.2 Å². The summed E-state index contributed by atoms with van der Waals surface area (Å²) in [4.78, 5) is 23.4. The van der Waals surface area contributed by atoms with Gasteiger partial charge in [-0.3, -0.25) is 14.7 Å². The van der Waals surface area contributed by atoms with E-state index in [0.717, 1.165) is 0 Å². The number of halogens is 2. The topological polar surface area (TPSA) is 158 Å². The molecule has 12 nitrogen and oxygen atoms in total. The van der Waals surface area contributed by atoms with E-state index in [1.165, 1.54) is 23.0 Å². The van der Waals surface area contributed by atoms with Gasteiger partial charge in [0.1, 0.15) is 25.1 Å². The van der Waals surface area contributed by atoms with Crippen LogP contribution in [0.4, 0.5) is 20.4 Å². The van der Waals surface area contributed by atoms with Gasteiger partial charge in [0, 0.05) is 31.0 Å². The lowest BCUT2D eigenvalue weighted by Crippen LogP contribution is -2.34. The minimum absolute atomic E-state index is 0.0374. The first-order chi connectivity index (χ1) is 17.6. The second kappa shape index (κ2) is 9.76. The van der Waals surface area contributed by atoms with Crippen molar-refractivity contribution in [3.05, 3.63) is 46.3 Å². The third-order valence-electron chi connectivity index (χ3n) is 6.75. The zero-order valence-corrected chi connectivity index (χ0v) is 19.8. The number of alkyl halides is 2. The van der Waals surface area contributed by atoms with Gasteiger partial charge in [0.25, 0.3) is 5.69 Å². The smallest absolute Gasteiger partial charge is 0.269 e. The molecule has 0 amide bonds. The average molecular weight is 520 g/mol. The molecule has 0 spiro atoms. The molecule has 37 heavy (non-hydrogen) atoms. The highest BCUT2D eigenvalue weighted by Crippen LogP contribution is 2.38. The number of rotatable bonds is 7. The Bertz CT molecular complexity index is 1280. The van der Waals surface area contributed by atoms with E-state index in [1.807, 2.05) is 0 Å². The number of hydrogen-bond donors (Lipinski definition) is 3. The minimum Gasteiger partial charge on any atom is -0.471 e. The Kier molecular flexibility index (Phi) is 6.64. The average Bonchev–Trinajstić information content (AvgIpc) is 3.36. The maximum atomic E-state index is 13.7. The molecule has 2 aliphatic rings. The summed E-state index contributed by atoms with van der Waals surface area (Å²) in [5.74, 6) is -2.37. The van der Waals surface area contributed by atoms with Crippen LogP contribution >= 0.6 is 0 Å². The number of anilines is 1. The lowest BCUT2D eigenvalue weighted by molar-refractivity contribution is -0.384. The molecule has 3 N–H and O–H groups in total. The highest BCUT2D eigenvalue weighted by molar-refractivity contribution is 5.79. The molecular formula is C23H26F2N6O6. The number of nitrogens with one attached hydrogen (secondary N) is 1. The standard InChI is InChI=1S/C23H26F2N6O6/c1-12-17(32)18(33)21(37-12)30-19-16(29-22(30)28-14-6-8-23(24,25)9-7-14)20(27-11-26-19)36-10-13-2-4-15(5-3-13)31(34)35/h2-5,11-12,14,17-18,21,32-33H,6-10H2,1H3,(H,28,29)/t12-,17-,18-,21-/m1/s1. The van der Waals surface area contributed by atoms with Crippen molar-refractivity contribution in [3.8, 4) is 5.88 Å². The van der Waals surface area contributed by atoms with Gasteiger partial charge in [-0.1, -0.05) is 0 Å². The van der Waals surface area contributed by atoms with Crippen LogP contribution in [0.1, 0.15) is 44.4 Å². The first-order valence-electron chi connectivity index (χ1n) is 11.9. The number of imidazole rings is 1. The Morgan fingerprint density at radius 1 is 1.22 bits per heavy atom. The van der Waals surface area contributed by atoms with Crippen LogP contribution in [0.3, 0.4) is 0 Å². The largest absolute Gasteiger partial charge is 0.471 e. The Labute approximate surface area is 209 Å². The molecule has 4 atom stereocenters. The molecular weight excluding hydrogens is 494 g/mol. The maximum absolute atomic E-state index is 13.7. The van der Waals surface area contributed by atoms with Crippen LogP contribution in [0, 0.1) is 10.1 Å². The Balaban J connectivity index is 1.46. The second-order valence-electron chi connectivity index (χ2n) is 9.36. The van der Waals surface area contributed by atoms with E-state index in [2.05, 4.69) is 20.3 Å². The predicted octanol–water partition coefficient (Wildman–Crippen LogP) is 2.94. The van der Waals surface area contributed by atoms with E-state index in [0.29, 0.717) is 5.56 Å². The van der Waals surface area contributed by atoms with Gasteiger partial charge in [-0.05, 0) is 37.5 Å². The second-order valence-corrected chi connectivity index (χ2v) is 9.36. The van der Waals surface area contributed by atoms with Crippen LogP contribution in [0.2, 0.25) is 0 Å². The fraction of sp³-hybridized carbons (Fsp3) is 0.522. The Hall–Kier alpha value is -3.49. The summed E-state index contributed by atoms with van der Waals surface area (Å²) in [7, 11) is 0. The van der Waals surface area contributed by atoms with E-state index in [4.69, 9.17) is 9.47 Å². The predicted molar refractivity (Wildman–Crippen MR) is 125 cm³/mol. The molecule has 14 heteroatoms.